The molecule has 0 spiro atoms. The Kier molecular flexibility index (Phi) is 5.59. The summed E-state index contributed by atoms with van der Waals surface area (Å²) in [5, 5.41) is 10.4. The smallest absolute Gasteiger partial charge is 0.211 e. The molecule has 0 radical (unpaired) electrons. The van der Waals surface area contributed by atoms with Gasteiger partial charge in [-0.05, 0) is 23.6 Å². The molecule has 4 nitrogen and oxygen atoms in total. The first-order chi connectivity index (χ1) is 8.30. The minimum absolute atomic E-state index is 0.0311. The zero-order chi connectivity index (χ0) is 13.8. The molecule has 1 aromatic carbocycles. The molecule has 1 aromatic rings. The quantitative estimate of drug-likeness (QED) is 0.842. The summed E-state index contributed by atoms with van der Waals surface area (Å²) in [6, 6.07) is 6.65. The summed E-state index contributed by atoms with van der Waals surface area (Å²) in [5.41, 5.74) is 0.631. The summed E-state index contributed by atoms with van der Waals surface area (Å²) >= 11 is 5.73. The van der Waals surface area contributed by atoms with Gasteiger partial charge in [0.25, 0.3) is 0 Å². The summed E-state index contributed by atoms with van der Waals surface area (Å²) in [5.74, 6) is 0.107. The molecule has 2 N–H and O–H groups in total. The van der Waals surface area contributed by atoms with Crippen molar-refractivity contribution in [2.45, 2.75) is 20.0 Å². The van der Waals surface area contributed by atoms with Crippen LogP contribution in [0.5, 0.6) is 0 Å². The Hall–Kier alpha value is -0.620. The van der Waals surface area contributed by atoms with Crippen LogP contribution in [-0.4, -0.2) is 25.8 Å². The van der Waals surface area contributed by atoms with E-state index in [-0.39, 0.29) is 18.2 Å². The van der Waals surface area contributed by atoms with E-state index in [1.54, 1.807) is 24.3 Å². The first kappa shape index (κ1) is 15.4. The molecule has 0 aliphatic carbocycles. The van der Waals surface area contributed by atoms with Crippen molar-refractivity contribution < 1.29 is 13.5 Å². The number of aliphatic hydroxyl groups is 1. The van der Waals surface area contributed by atoms with Crippen LogP contribution in [0.25, 0.3) is 0 Å². The highest BCUT2D eigenvalue weighted by atomic mass is 35.5. The fourth-order valence-corrected chi connectivity index (χ4v) is 3.04. The van der Waals surface area contributed by atoms with Gasteiger partial charge in [0.1, 0.15) is 0 Å². The second-order valence-corrected chi connectivity index (χ2v) is 6.88. The molecular formula is C12H18ClNO3S. The number of rotatable bonds is 6. The Bertz CT molecular complexity index is 471. The van der Waals surface area contributed by atoms with E-state index in [2.05, 4.69) is 4.72 Å². The van der Waals surface area contributed by atoms with Crippen LogP contribution in [0.15, 0.2) is 24.3 Å². The first-order valence-electron chi connectivity index (χ1n) is 5.71. The van der Waals surface area contributed by atoms with Crippen molar-refractivity contribution in [1.29, 1.82) is 0 Å². The molecule has 0 saturated carbocycles. The highest BCUT2D eigenvalue weighted by Crippen LogP contribution is 2.16. The molecule has 18 heavy (non-hydrogen) atoms. The van der Waals surface area contributed by atoms with Crippen LogP contribution in [0.1, 0.15) is 25.5 Å². The number of sulfonamides is 1. The van der Waals surface area contributed by atoms with Gasteiger partial charge in [-0.25, -0.2) is 13.1 Å². The zero-order valence-corrected chi connectivity index (χ0v) is 12.0. The summed E-state index contributed by atoms with van der Waals surface area (Å²) < 4.78 is 25.6. The number of hydrogen-bond donors (Lipinski definition) is 2. The third-order valence-corrected chi connectivity index (χ3v) is 4.27. The Morgan fingerprint density at radius 3 is 2.33 bits per heavy atom. The molecule has 0 aliphatic heterocycles. The molecule has 0 saturated heterocycles. The standard InChI is InChI=1S/C12H18ClNO3S/c1-9(2)8-18(16,17)14-7-12(15)10-3-5-11(13)6-4-10/h3-6,9,12,14-15H,7-8H2,1-2H3. The molecule has 6 heteroatoms. The second-order valence-electron chi connectivity index (χ2n) is 4.59. The highest BCUT2D eigenvalue weighted by molar-refractivity contribution is 7.89. The van der Waals surface area contributed by atoms with Crippen LogP contribution in [0.2, 0.25) is 5.02 Å². The monoisotopic (exact) mass is 291 g/mol. The Morgan fingerprint density at radius 1 is 1.28 bits per heavy atom. The highest BCUT2D eigenvalue weighted by Gasteiger charge is 2.15. The topological polar surface area (TPSA) is 66.4 Å². The van der Waals surface area contributed by atoms with Crippen LogP contribution in [0.4, 0.5) is 0 Å². The number of nitrogens with one attached hydrogen (secondary N) is 1. The lowest BCUT2D eigenvalue weighted by Crippen LogP contribution is -2.32. The van der Waals surface area contributed by atoms with Gasteiger partial charge in [0.2, 0.25) is 10.0 Å². The maximum atomic E-state index is 11.6. The van der Waals surface area contributed by atoms with E-state index in [4.69, 9.17) is 11.6 Å². The van der Waals surface area contributed by atoms with Crippen molar-refractivity contribution in [3.8, 4) is 0 Å². The number of hydrogen-bond acceptors (Lipinski definition) is 3. The van der Waals surface area contributed by atoms with E-state index < -0.39 is 16.1 Å². The maximum Gasteiger partial charge on any atom is 0.211 e. The van der Waals surface area contributed by atoms with E-state index in [1.165, 1.54) is 0 Å². The van der Waals surface area contributed by atoms with Crippen LogP contribution in [0, 0.1) is 5.92 Å². The van der Waals surface area contributed by atoms with Gasteiger partial charge in [0, 0.05) is 11.6 Å². The predicted octanol–water partition coefficient (Wildman–Crippen LogP) is 1.95. The molecule has 102 valence electrons. The van der Waals surface area contributed by atoms with E-state index in [1.807, 2.05) is 13.8 Å². The molecule has 0 aliphatic rings. The van der Waals surface area contributed by atoms with Crippen molar-refractivity contribution in [2.24, 2.45) is 5.92 Å². The second kappa shape index (κ2) is 6.52. The van der Waals surface area contributed by atoms with Gasteiger partial charge in [-0.15, -0.1) is 0 Å². The largest absolute Gasteiger partial charge is 0.387 e. The van der Waals surface area contributed by atoms with E-state index in [9.17, 15) is 13.5 Å². The predicted molar refractivity (Wildman–Crippen MR) is 73.0 cm³/mol. The Labute approximate surface area is 113 Å². The minimum Gasteiger partial charge on any atom is -0.387 e. The van der Waals surface area contributed by atoms with Crippen LogP contribution in [0.3, 0.4) is 0 Å². The lowest BCUT2D eigenvalue weighted by molar-refractivity contribution is 0.182. The van der Waals surface area contributed by atoms with Crippen molar-refractivity contribution in [3.05, 3.63) is 34.9 Å². The fraction of sp³-hybridized carbons (Fsp3) is 0.500. The Morgan fingerprint density at radius 2 is 1.83 bits per heavy atom. The lowest BCUT2D eigenvalue weighted by Gasteiger charge is -2.13. The van der Waals surface area contributed by atoms with Gasteiger partial charge in [-0.3, -0.25) is 0 Å². The average molecular weight is 292 g/mol. The van der Waals surface area contributed by atoms with Crippen LogP contribution in [-0.2, 0) is 10.0 Å². The SMILES string of the molecule is CC(C)CS(=O)(=O)NCC(O)c1ccc(Cl)cc1. The molecule has 0 bridgehead atoms. The fourth-order valence-electron chi connectivity index (χ4n) is 1.51. The summed E-state index contributed by atoms with van der Waals surface area (Å²) in [7, 11) is -3.33. The van der Waals surface area contributed by atoms with E-state index in [0.717, 1.165) is 0 Å². The average Bonchev–Trinajstić information content (AvgIpc) is 2.25. The molecule has 1 unspecified atom stereocenters. The number of aliphatic hydroxyl groups excluding tert-OH is 1. The number of benzene rings is 1. The molecule has 0 amide bonds. The van der Waals surface area contributed by atoms with E-state index in [0.29, 0.717) is 10.6 Å². The number of halogens is 1. The van der Waals surface area contributed by atoms with Crippen LogP contribution < -0.4 is 4.72 Å². The van der Waals surface area contributed by atoms with Gasteiger partial charge in [-0.2, -0.15) is 0 Å². The van der Waals surface area contributed by atoms with Gasteiger partial charge in [-0.1, -0.05) is 37.6 Å². The maximum absolute atomic E-state index is 11.6. The third-order valence-electron chi connectivity index (χ3n) is 2.30. The summed E-state index contributed by atoms with van der Waals surface area (Å²) in [4.78, 5) is 0. The first-order valence-corrected chi connectivity index (χ1v) is 7.74. The Balaban J connectivity index is 2.56. The molecule has 1 rings (SSSR count). The lowest BCUT2D eigenvalue weighted by atomic mass is 10.1. The van der Waals surface area contributed by atoms with Crippen molar-refractivity contribution in [2.75, 3.05) is 12.3 Å². The van der Waals surface area contributed by atoms with Crippen molar-refractivity contribution in [3.63, 3.8) is 0 Å². The van der Waals surface area contributed by atoms with Gasteiger partial charge in [0.05, 0.1) is 11.9 Å². The van der Waals surface area contributed by atoms with Crippen LogP contribution >= 0.6 is 11.6 Å². The van der Waals surface area contributed by atoms with Gasteiger partial charge >= 0.3 is 0 Å². The molecule has 0 fully saturated rings. The molecule has 1 atom stereocenters. The summed E-state index contributed by atoms with van der Waals surface area (Å²) in [6.45, 7) is 3.63. The van der Waals surface area contributed by atoms with Gasteiger partial charge in [0.15, 0.2) is 0 Å². The van der Waals surface area contributed by atoms with Gasteiger partial charge < -0.3 is 5.11 Å². The van der Waals surface area contributed by atoms with E-state index >= 15 is 0 Å². The zero-order valence-electron chi connectivity index (χ0n) is 10.4. The normalized spacial score (nSPS) is 13.8. The van der Waals surface area contributed by atoms with Crippen molar-refractivity contribution in [1.82, 2.24) is 4.72 Å². The van der Waals surface area contributed by atoms with Crippen molar-refractivity contribution >= 4 is 21.6 Å². The molecule has 0 aromatic heterocycles. The molecular weight excluding hydrogens is 274 g/mol. The third kappa shape index (κ3) is 5.35. The summed E-state index contributed by atoms with van der Waals surface area (Å²) in [6.07, 6.45) is -0.871. The minimum atomic E-state index is -3.33. The molecule has 0 heterocycles.